The van der Waals surface area contributed by atoms with Crippen molar-refractivity contribution in [1.29, 1.82) is 0 Å². The van der Waals surface area contributed by atoms with E-state index in [0.717, 1.165) is 0 Å². The van der Waals surface area contributed by atoms with Gasteiger partial charge in [0, 0.05) is 0 Å². The van der Waals surface area contributed by atoms with Gasteiger partial charge >= 0.3 is 0 Å². The van der Waals surface area contributed by atoms with Crippen LogP contribution in [0.3, 0.4) is 0 Å². The summed E-state index contributed by atoms with van der Waals surface area (Å²) in [7, 11) is 0. The molecule has 0 bridgehead atoms. The van der Waals surface area contributed by atoms with E-state index < -0.39 is 0 Å². The summed E-state index contributed by atoms with van der Waals surface area (Å²) < 4.78 is 0. The highest BCUT2D eigenvalue weighted by Gasteiger charge is 2.09. The molecule has 0 heteroatoms. The first-order valence-electron chi connectivity index (χ1n) is 9.63. The monoisotopic (exact) mass is 356 g/mol. The number of benzene rings is 5. The lowest BCUT2D eigenvalue weighted by Gasteiger charge is -2.13. The molecule has 0 fully saturated rings. The summed E-state index contributed by atoms with van der Waals surface area (Å²) in [5, 5.41) is 5.11. The molecule has 0 radical (unpaired) electrons. The lowest BCUT2D eigenvalue weighted by atomic mass is 9.91. The van der Waals surface area contributed by atoms with Crippen molar-refractivity contribution < 1.29 is 0 Å². The summed E-state index contributed by atoms with van der Waals surface area (Å²) in [6, 6.07) is 40.9. The molecule has 0 N–H and O–H groups in total. The fourth-order valence-corrected chi connectivity index (χ4v) is 3.92. The first-order valence-corrected chi connectivity index (χ1v) is 9.63. The minimum Gasteiger partial charge on any atom is -0.0622 e. The Morgan fingerprint density at radius 2 is 0.893 bits per heavy atom. The van der Waals surface area contributed by atoms with Crippen LogP contribution < -0.4 is 0 Å². The second-order valence-corrected chi connectivity index (χ2v) is 7.02. The average Bonchev–Trinajstić information content (AvgIpc) is 2.78. The van der Waals surface area contributed by atoms with Crippen LogP contribution in [0.25, 0.3) is 33.2 Å². The summed E-state index contributed by atoms with van der Waals surface area (Å²) in [5.74, 6) is 0. The molecule has 5 aromatic rings. The normalized spacial score (nSPS) is 10.9. The molecule has 0 spiro atoms. The molecule has 0 unspecified atom stereocenters. The van der Waals surface area contributed by atoms with Crippen molar-refractivity contribution in [3.8, 4) is 0 Å². The lowest BCUT2D eigenvalue weighted by Crippen LogP contribution is -1.90. The maximum atomic E-state index is 2.36. The van der Waals surface area contributed by atoms with Crippen molar-refractivity contribution in [2.75, 3.05) is 0 Å². The summed E-state index contributed by atoms with van der Waals surface area (Å²) in [6.45, 7) is 0. The van der Waals surface area contributed by atoms with Crippen molar-refractivity contribution >= 4 is 33.2 Å². The Labute approximate surface area is 165 Å². The van der Waals surface area contributed by atoms with Crippen LogP contribution in [0.5, 0.6) is 0 Å². The maximum absolute atomic E-state index is 2.36. The van der Waals surface area contributed by atoms with Gasteiger partial charge in [-0.2, -0.15) is 0 Å². The Kier molecular flexibility index (Phi) is 4.23. The van der Waals surface area contributed by atoms with Crippen molar-refractivity contribution in [2.24, 2.45) is 0 Å². The molecule has 0 aliphatic rings. The molecule has 0 heterocycles. The quantitative estimate of drug-likeness (QED) is 0.231. The van der Waals surface area contributed by atoms with E-state index in [4.69, 9.17) is 0 Å². The second kappa shape index (κ2) is 7.17. The van der Waals surface area contributed by atoms with Crippen LogP contribution >= 0.6 is 0 Å². The first-order chi connectivity index (χ1) is 13.9. The SMILES string of the molecule is C(=C(c1ccccc1)c1ccccc1)c1c2ccccc2cc2ccccc12. The molecular weight excluding hydrogens is 336 g/mol. The van der Waals surface area contributed by atoms with Gasteiger partial charge in [0.1, 0.15) is 0 Å². The predicted molar refractivity (Wildman–Crippen MR) is 121 cm³/mol. The zero-order valence-electron chi connectivity index (χ0n) is 15.5. The molecule has 0 aromatic heterocycles. The van der Waals surface area contributed by atoms with Crippen LogP contribution in [0.1, 0.15) is 16.7 Å². The van der Waals surface area contributed by atoms with Crippen LogP contribution in [-0.4, -0.2) is 0 Å². The zero-order chi connectivity index (χ0) is 18.8. The predicted octanol–water partition coefficient (Wildman–Crippen LogP) is 7.58. The Morgan fingerprint density at radius 1 is 0.464 bits per heavy atom. The average molecular weight is 356 g/mol. The van der Waals surface area contributed by atoms with Crippen molar-refractivity contribution in [2.45, 2.75) is 0 Å². The highest BCUT2D eigenvalue weighted by atomic mass is 14.1. The van der Waals surface area contributed by atoms with Crippen LogP contribution in [0, 0.1) is 0 Å². The highest BCUT2D eigenvalue weighted by molar-refractivity contribution is 6.10. The minimum atomic E-state index is 1.23. The molecule has 0 aliphatic heterocycles. The molecule has 0 aliphatic carbocycles. The lowest BCUT2D eigenvalue weighted by molar-refractivity contribution is 1.56. The summed E-state index contributed by atoms with van der Waals surface area (Å²) in [4.78, 5) is 0. The van der Waals surface area contributed by atoms with Gasteiger partial charge in [0.2, 0.25) is 0 Å². The van der Waals surface area contributed by atoms with Gasteiger partial charge in [-0.15, -0.1) is 0 Å². The number of hydrogen-bond acceptors (Lipinski definition) is 0. The van der Waals surface area contributed by atoms with Gasteiger partial charge in [0.05, 0.1) is 0 Å². The van der Waals surface area contributed by atoms with Gasteiger partial charge in [0.15, 0.2) is 0 Å². The molecular formula is C28H20. The Bertz CT molecular complexity index is 1180. The van der Waals surface area contributed by atoms with Crippen molar-refractivity contribution in [3.63, 3.8) is 0 Å². The molecule has 0 atom stereocenters. The van der Waals surface area contributed by atoms with E-state index in [-0.39, 0.29) is 0 Å². The summed E-state index contributed by atoms with van der Waals surface area (Å²) in [6.07, 6.45) is 2.36. The molecule has 0 nitrogen and oxygen atoms in total. The largest absolute Gasteiger partial charge is 0.0622 e. The molecule has 0 saturated heterocycles. The van der Waals surface area contributed by atoms with Gasteiger partial charge in [-0.25, -0.2) is 0 Å². The van der Waals surface area contributed by atoms with Gasteiger partial charge in [-0.05, 0) is 56.0 Å². The van der Waals surface area contributed by atoms with E-state index in [1.54, 1.807) is 0 Å². The third-order valence-corrected chi connectivity index (χ3v) is 5.27. The smallest absolute Gasteiger partial charge is 0.00930 e. The Hall–Kier alpha value is -3.64. The van der Waals surface area contributed by atoms with Gasteiger partial charge in [-0.1, -0.05) is 109 Å². The third-order valence-electron chi connectivity index (χ3n) is 5.27. The van der Waals surface area contributed by atoms with Gasteiger partial charge < -0.3 is 0 Å². The van der Waals surface area contributed by atoms with Gasteiger partial charge in [0.25, 0.3) is 0 Å². The minimum absolute atomic E-state index is 1.23. The second-order valence-electron chi connectivity index (χ2n) is 7.02. The highest BCUT2D eigenvalue weighted by Crippen LogP contribution is 2.33. The molecule has 0 amide bonds. The number of fused-ring (bicyclic) bond motifs is 2. The Morgan fingerprint density at radius 3 is 1.39 bits per heavy atom. The fraction of sp³-hybridized carbons (Fsp3) is 0. The number of rotatable bonds is 3. The third kappa shape index (κ3) is 3.00. The van der Waals surface area contributed by atoms with E-state index >= 15 is 0 Å². The fourth-order valence-electron chi connectivity index (χ4n) is 3.92. The summed E-state index contributed by atoms with van der Waals surface area (Å²) >= 11 is 0. The van der Waals surface area contributed by atoms with E-state index in [2.05, 4.69) is 121 Å². The molecule has 28 heavy (non-hydrogen) atoms. The number of hydrogen-bond donors (Lipinski definition) is 0. The van der Waals surface area contributed by atoms with Crippen LogP contribution in [0.2, 0.25) is 0 Å². The van der Waals surface area contributed by atoms with Crippen LogP contribution in [-0.2, 0) is 0 Å². The van der Waals surface area contributed by atoms with E-state index in [9.17, 15) is 0 Å². The van der Waals surface area contributed by atoms with Gasteiger partial charge in [-0.3, -0.25) is 0 Å². The van der Waals surface area contributed by atoms with Crippen molar-refractivity contribution in [1.82, 2.24) is 0 Å². The topological polar surface area (TPSA) is 0 Å². The Balaban J connectivity index is 1.87. The van der Waals surface area contributed by atoms with Crippen molar-refractivity contribution in [3.05, 3.63) is 132 Å². The molecule has 5 aromatic carbocycles. The van der Waals surface area contributed by atoms with E-state index in [1.165, 1.54) is 43.8 Å². The van der Waals surface area contributed by atoms with Crippen LogP contribution in [0.15, 0.2) is 115 Å². The van der Waals surface area contributed by atoms with E-state index in [1.807, 2.05) is 0 Å². The van der Waals surface area contributed by atoms with E-state index in [0.29, 0.717) is 0 Å². The maximum Gasteiger partial charge on any atom is -0.00930 e. The molecule has 0 saturated carbocycles. The zero-order valence-corrected chi connectivity index (χ0v) is 15.5. The standard InChI is InChI=1S/C28H20/c1-3-11-21(12-4-1)27(22-13-5-2-6-14-22)20-28-25-17-9-7-15-23(25)19-24-16-8-10-18-26(24)28/h1-20H. The summed E-state index contributed by atoms with van der Waals surface area (Å²) in [5.41, 5.74) is 4.97. The molecule has 5 rings (SSSR count). The molecule has 132 valence electrons. The first kappa shape index (κ1) is 16.5. The van der Waals surface area contributed by atoms with Crippen LogP contribution in [0.4, 0.5) is 0 Å².